The highest BCUT2D eigenvalue weighted by atomic mass is 16.3. The summed E-state index contributed by atoms with van der Waals surface area (Å²) in [5.74, 6) is 0. The molecular weight excluding hydrogens is 402 g/mol. The number of hydrogen-bond donors (Lipinski definition) is 0. The summed E-state index contributed by atoms with van der Waals surface area (Å²) in [6, 6.07) is 38.8. The van der Waals surface area contributed by atoms with Gasteiger partial charge in [-0.2, -0.15) is 0 Å². The number of fused-ring (bicyclic) bond motifs is 6. The maximum absolute atomic E-state index is 6.44. The van der Waals surface area contributed by atoms with Gasteiger partial charge in [0.15, 0.2) is 0 Å². The molecule has 0 radical (unpaired) electrons. The largest absolute Gasteiger partial charge is 0.455 e. The highest BCUT2D eigenvalue weighted by Gasteiger charge is 2.16. The van der Waals surface area contributed by atoms with E-state index in [2.05, 4.69) is 121 Å². The fourth-order valence-electron chi connectivity index (χ4n) is 5.18. The summed E-state index contributed by atoms with van der Waals surface area (Å²) in [4.78, 5) is 0. The van der Waals surface area contributed by atoms with Gasteiger partial charge in [0, 0.05) is 32.8 Å². The molecule has 2 heterocycles. The first-order valence-corrected chi connectivity index (χ1v) is 11.3. The summed E-state index contributed by atoms with van der Waals surface area (Å²) in [5, 5.41) is 4.84. The molecule has 156 valence electrons. The molecule has 0 aliphatic carbocycles. The first-order chi connectivity index (χ1) is 16.3. The molecule has 5 aromatic carbocycles. The molecule has 33 heavy (non-hydrogen) atoms. The molecule has 0 N–H and O–H groups in total. The van der Waals surface area contributed by atoms with Gasteiger partial charge >= 0.3 is 0 Å². The number of nitrogens with zero attached hydrogens (tertiary/aromatic N) is 1. The van der Waals surface area contributed by atoms with Gasteiger partial charge in [0.05, 0.1) is 11.0 Å². The van der Waals surface area contributed by atoms with Crippen molar-refractivity contribution in [2.45, 2.75) is 6.92 Å². The molecule has 0 unspecified atom stereocenters. The van der Waals surface area contributed by atoms with Crippen LogP contribution in [0.3, 0.4) is 0 Å². The van der Waals surface area contributed by atoms with Crippen LogP contribution in [0.15, 0.2) is 114 Å². The molecule has 0 aliphatic rings. The number of hydrogen-bond acceptors (Lipinski definition) is 1. The highest BCUT2D eigenvalue weighted by molar-refractivity contribution is 6.13. The van der Waals surface area contributed by atoms with E-state index in [1.807, 2.05) is 0 Å². The fraction of sp³-hybridized carbons (Fsp3) is 0.0323. The van der Waals surface area contributed by atoms with Gasteiger partial charge in [-0.3, -0.25) is 0 Å². The van der Waals surface area contributed by atoms with E-state index >= 15 is 0 Å². The van der Waals surface area contributed by atoms with E-state index in [0.717, 1.165) is 27.7 Å². The van der Waals surface area contributed by atoms with E-state index in [1.54, 1.807) is 0 Å². The van der Waals surface area contributed by atoms with Crippen LogP contribution in [0, 0.1) is 6.92 Å². The lowest BCUT2D eigenvalue weighted by molar-refractivity contribution is 0.667. The highest BCUT2D eigenvalue weighted by Crippen LogP contribution is 2.39. The Balaban J connectivity index is 1.54. The quantitative estimate of drug-likeness (QED) is 0.272. The molecule has 0 saturated carbocycles. The zero-order valence-corrected chi connectivity index (χ0v) is 18.2. The van der Waals surface area contributed by atoms with Crippen LogP contribution >= 0.6 is 0 Å². The zero-order chi connectivity index (χ0) is 21.9. The van der Waals surface area contributed by atoms with E-state index in [9.17, 15) is 0 Å². The molecule has 0 aliphatic heterocycles. The van der Waals surface area contributed by atoms with E-state index in [1.165, 1.54) is 38.4 Å². The van der Waals surface area contributed by atoms with Gasteiger partial charge in [0.1, 0.15) is 11.2 Å². The van der Waals surface area contributed by atoms with Crippen LogP contribution in [-0.2, 0) is 0 Å². The van der Waals surface area contributed by atoms with Gasteiger partial charge in [-0.25, -0.2) is 0 Å². The Labute approximate surface area is 191 Å². The van der Waals surface area contributed by atoms with Crippen molar-refractivity contribution in [1.82, 2.24) is 4.57 Å². The Kier molecular flexibility index (Phi) is 3.80. The van der Waals surface area contributed by atoms with Gasteiger partial charge in [0.2, 0.25) is 0 Å². The predicted octanol–water partition coefficient (Wildman–Crippen LogP) is 8.66. The maximum atomic E-state index is 6.44. The summed E-state index contributed by atoms with van der Waals surface area (Å²) in [6.07, 6.45) is 0. The van der Waals surface area contributed by atoms with Crippen molar-refractivity contribution in [3.8, 4) is 16.8 Å². The fourth-order valence-corrected chi connectivity index (χ4v) is 5.18. The number of rotatable bonds is 2. The average Bonchev–Trinajstić information content (AvgIpc) is 3.41. The monoisotopic (exact) mass is 423 g/mol. The third kappa shape index (κ3) is 2.61. The summed E-state index contributed by atoms with van der Waals surface area (Å²) >= 11 is 0. The van der Waals surface area contributed by atoms with Crippen molar-refractivity contribution in [3.05, 3.63) is 115 Å². The molecule has 7 rings (SSSR count). The normalized spacial score (nSPS) is 11.8. The van der Waals surface area contributed by atoms with Crippen LogP contribution < -0.4 is 0 Å². The minimum absolute atomic E-state index is 0.952. The summed E-state index contributed by atoms with van der Waals surface area (Å²) < 4.78 is 8.78. The molecule has 0 atom stereocenters. The van der Waals surface area contributed by atoms with Gasteiger partial charge in [0.25, 0.3) is 0 Å². The van der Waals surface area contributed by atoms with Crippen LogP contribution in [0.1, 0.15) is 5.56 Å². The Bertz CT molecular complexity index is 1820. The number of furan rings is 1. The Morgan fingerprint density at radius 3 is 2.12 bits per heavy atom. The van der Waals surface area contributed by atoms with Crippen LogP contribution in [0.4, 0.5) is 0 Å². The Morgan fingerprint density at radius 2 is 1.24 bits per heavy atom. The molecule has 7 aromatic rings. The van der Waals surface area contributed by atoms with Crippen molar-refractivity contribution in [2.75, 3.05) is 0 Å². The number of para-hydroxylation sites is 4. The van der Waals surface area contributed by atoms with Gasteiger partial charge < -0.3 is 8.98 Å². The average molecular weight is 424 g/mol. The standard InChI is InChI=1S/C31H21NO/c1-20-9-7-14-25-26-15-8-13-23(31(26)33-30(20)25)21-17-18-29-27(19-21)24-12-5-6-16-28(24)32(29)22-10-3-2-4-11-22/h2-19H,1H3. The smallest absolute Gasteiger partial charge is 0.143 e. The van der Waals surface area contributed by atoms with Crippen molar-refractivity contribution in [3.63, 3.8) is 0 Å². The lowest BCUT2D eigenvalue weighted by Crippen LogP contribution is -1.92. The number of benzene rings is 5. The minimum atomic E-state index is 0.952. The molecule has 0 saturated heterocycles. The van der Waals surface area contributed by atoms with Gasteiger partial charge in [-0.15, -0.1) is 0 Å². The van der Waals surface area contributed by atoms with E-state index < -0.39 is 0 Å². The van der Waals surface area contributed by atoms with Crippen molar-refractivity contribution >= 4 is 43.7 Å². The van der Waals surface area contributed by atoms with Crippen LogP contribution in [-0.4, -0.2) is 4.57 Å². The molecule has 2 aromatic heterocycles. The third-order valence-corrected chi connectivity index (χ3v) is 6.72. The molecule has 2 heteroatoms. The van der Waals surface area contributed by atoms with Crippen molar-refractivity contribution in [2.24, 2.45) is 0 Å². The lowest BCUT2D eigenvalue weighted by Gasteiger charge is -2.08. The summed E-state index contributed by atoms with van der Waals surface area (Å²) in [6.45, 7) is 2.11. The minimum Gasteiger partial charge on any atom is -0.455 e. The summed E-state index contributed by atoms with van der Waals surface area (Å²) in [7, 11) is 0. The second kappa shape index (κ2) is 6.85. The van der Waals surface area contributed by atoms with Crippen LogP contribution in [0.2, 0.25) is 0 Å². The summed E-state index contributed by atoms with van der Waals surface area (Å²) in [5.41, 5.74) is 8.98. The predicted molar refractivity (Wildman–Crippen MR) is 138 cm³/mol. The Morgan fingerprint density at radius 1 is 0.545 bits per heavy atom. The first kappa shape index (κ1) is 18.3. The molecule has 0 spiro atoms. The molecule has 2 nitrogen and oxygen atoms in total. The Hall–Kier alpha value is -4.30. The third-order valence-electron chi connectivity index (χ3n) is 6.72. The van der Waals surface area contributed by atoms with Crippen molar-refractivity contribution < 1.29 is 4.42 Å². The first-order valence-electron chi connectivity index (χ1n) is 11.3. The second-order valence-corrected chi connectivity index (χ2v) is 8.66. The molecular formula is C31H21NO. The number of aryl methyl sites for hydroxylation is 1. The van der Waals surface area contributed by atoms with E-state index in [0.29, 0.717) is 0 Å². The SMILES string of the molecule is Cc1cccc2c1oc1c(-c3ccc4c(c3)c3ccccc3n4-c3ccccc3)cccc12. The maximum Gasteiger partial charge on any atom is 0.143 e. The number of aromatic nitrogens is 1. The molecule has 0 fully saturated rings. The van der Waals surface area contributed by atoms with Gasteiger partial charge in [-0.1, -0.05) is 78.9 Å². The lowest BCUT2D eigenvalue weighted by atomic mass is 10.00. The van der Waals surface area contributed by atoms with Gasteiger partial charge in [-0.05, 0) is 48.4 Å². The molecule has 0 bridgehead atoms. The molecule has 0 amide bonds. The van der Waals surface area contributed by atoms with E-state index in [-0.39, 0.29) is 0 Å². The zero-order valence-electron chi connectivity index (χ0n) is 18.2. The topological polar surface area (TPSA) is 18.1 Å². The van der Waals surface area contributed by atoms with E-state index in [4.69, 9.17) is 4.42 Å². The van der Waals surface area contributed by atoms with Crippen LogP contribution in [0.5, 0.6) is 0 Å². The van der Waals surface area contributed by atoms with Crippen LogP contribution in [0.25, 0.3) is 60.6 Å². The second-order valence-electron chi connectivity index (χ2n) is 8.66. The van der Waals surface area contributed by atoms with Crippen molar-refractivity contribution in [1.29, 1.82) is 0 Å².